The van der Waals surface area contributed by atoms with Gasteiger partial charge in [-0.15, -0.1) is 0 Å². The molecule has 0 aliphatic heterocycles. The fourth-order valence-electron chi connectivity index (χ4n) is 1.47. The third kappa shape index (κ3) is 5.47. The Balaban J connectivity index is 2.18. The number of hydrogen-bond acceptors (Lipinski definition) is 4. The molecule has 0 aromatic rings. The van der Waals surface area contributed by atoms with Crippen LogP contribution in [0.4, 0.5) is 0 Å². The Morgan fingerprint density at radius 1 is 1.44 bits per heavy atom. The summed E-state index contributed by atoms with van der Waals surface area (Å²) < 4.78 is 10.2. The summed E-state index contributed by atoms with van der Waals surface area (Å²) in [5.41, 5.74) is 0. The van der Waals surface area contributed by atoms with Gasteiger partial charge < -0.3 is 14.8 Å². The summed E-state index contributed by atoms with van der Waals surface area (Å²) in [6.45, 7) is 5.58. The van der Waals surface area contributed by atoms with Crippen LogP contribution in [0.15, 0.2) is 0 Å². The second-order valence-corrected chi connectivity index (χ2v) is 4.77. The molecule has 1 atom stereocenters. The van der Waals surface area contributed by atoms with Gasteiger partial charge in [-0.3, -0.25) is 4.79 Å². The number of nitrogens with one attached hydrogen (secondary N) is 1. The number of carbonyl (C=O) groups excluding carboxylic acids is 1. The summed E-state index contributed by atoms with van der Waals surface area (Å²) in [6, 6.07) is 0.305. The van der Waals surface area contributed by atoms with E-state index in [0.29, 0.717) is 25.0 Å². The number of hydrogen-bond donors (Lipinski definition) is 1. The Hall–Kier alpha value is -0.610. The van der Waals surface area contributed by atoms with Gasteiger partial charge in [0.25, 0.3) is 0 Å². The summed E-state index contributed by atoms with van der Waals surface area (Å²) in [4.78, 5) is 11.5. The highest BCUT2D eigenvalue weighted by molar-refractivity contribution is 5.75. The molecule has 1 saturated carbocycles. The zero-order valence-corrected chi connectivity index (χ0v) is 10.5. The van der Waals surface area contributed by atoms with Gasteiger partial charge in [0.1, 0.15) is 6.04 Å². The summed E-state index contributed by atoms with van der Waals surface area (Å²) in [7, 11) is 1.43. The third-order valence-electron chi connectivity index (χ3n) is 2.50. The Kier molecular flexibility index (Phi) is 5.77. The average molecular weight is 229 g/mol. The number of ether oxygens (including phenoxy) is 2. The molecule has 1 fully saturated rings. The molecule has 0 spiro atoms. The largest absolute Gasteiger partial charge is 0.468 e. The molecule has 1 rings (SSSR count). The van der Waals surface area contributed by atoms with E-state index >= 15 is 0 Å². The van der Waals surface area contributed by atoms with Gasteiger partial charge in [0, 0.05) is 19.3 Å². The molecule has 1 aliphatic rings. The molecule has 4 heteroatoms. The maximum absolute atomic E-state index is 11.5. The van der Waals surface area contributed by atoms with E-state index in [9.17, 15) is 4.79 Å². The van der Waals surface area contributed by atoms with Crippen molar-refractivity contribution in [3.05, 3.63) is 0 Å². The van der Waals surface area contributed by atoms with Gasteiger partial charge in [0.15, 0.2) is 0 Å². The quantitative estimate of drug-likeness (QED) is 0.504. The van der Waals surface area contributed by atoms with Crippen LogP contribution < -0.4 is 5.32 Å². The molecule has 0 amide bonds. The first-order valence-electron chi connectivity index (χ1n) is 6.05. The Labute approximate surface area is 97.7 Å². The van der Waals surface area contributed by atoms with E-state index in [1.807, 2.05) is 0 Å². The van der Waals surface area contributed by atoms with E-state index in [0.717, 1.165) is 6.61 Å². The molecule has 0 saturated heterocycles. The Morgan fingerprint density at radius 3 is 2.62 bits per heavy atom. The molecule has 16 heavy (non-hydrogen) atoms. The monoisotopic (exact) mass is 229 g/mol. The van der Waals surface area contributed by atoms with Crippen LogP contribution in [0, 0.1) is 5.92 Å². The van der Waals surface area contributed by atoms with Gasteiger partial charge in [0.05, 0.1) is 7.11 Å². The van der Waals surface area contributed by atoms with Crippen molar-refractivity contribution in [2.75, 3.05) is 20.3 Å². The summed E-state index contributed by atoms with van der Waals surface area (Å²) >= 11 is 0. The van der Waals surface area contributed by atoms with Crippen molar-refractivity contribution in [1.29, 1.82) is 0 Å². The fourth-order valence-corrected chi connectivity index (χ4v) is 1.47. The maximum Gasteiger partial charge on any atom is 0.322 e. The topological polar surface area (TPSA) is 47.6 Å². The molecule has 94 valence electrons. The van der Waals surface area contributed by atoms with Crippen molar-refractivity contribution >= 4 is 5.97 Å². The summed E-state index contributed by atoms with van der Waals surface area (Å²) in [5, 5.41) is 3.28. The van der Waals surface area contributed by atoms with Crippen LogP contribution in [0.3, 0.4) is 0 Å². The zero-order valence-electron chi connectivity index (χ0n) is 10.5. The molecule has 1 aliphatic carbocycles. The van der Waals surface area contributed by atoms with Crippen molar-refractivity contribution in [2.45, 2.75) is 45.2 Å². The van der Waals surface area contributed by atoms with Crippen molar-refractivity contribution in [1.82, 2.24) is 5.32 Å². The van der Waals surface area contributed by atoms with Gasteiger partial charge in [-0.1, -0.05) is 13.8 Å². The van der Waals surface area contributed by atoms with E-state index < -0.39 is 0 Å². The smallest absolute Gasteiger partial charge is 0.322 e. The predicted molar refractivity (Wildman–Crippen MR) is 62.2 cm³/mol. The molecule has 1 unspecified atom stereocenters. The first kappa shape index (κ1) is 13.5. The van der Waals surface area contributed by atoms with E-state index in [4.69, 9.17) is 9.47 Å². The van der Waals surface area contributed by atoms with Crippen LogP contribution in [-0.2, 0) is 14.3 Å². The normalized spacial score (nSPS) is 17.5. The molecule has 0 bridgehead atoms. The van der Waals surface area contributed by atoms with Crippen molar-refractivity contribution < 1.29 is 14.3 Å². The first-order chi connectivity index (χ1) is 7.63. The zero-order chi connectivity index (χ0) is 12.0. The lowest BCUT2D eigenvalue weighted by Gasteiger charge is -2.16. The van der Waals surface area contributed by atoms with Gasteiger partial charge in [-0.2, -0.15) is 0 Å². The third-order valence-corrected chi connectivity index (χ3v) is 2.50. The van der Waals surface area contributed by atoms with E-state index in [1.165, 1.54) is 20.0 Å². The van der Waals surface area contributed by atoms with Crippen LogP contribution in [0.5, 0.6) is 0 Å². The lowest BCUT2D eigenvalue weighted by molar-refractivity contribution is -0.143. The van der Waals surface area contributed by atoms with Crippen molar-refractivity contribution in [3.63, 3.8) is 0 Å². The van der Waals surface area contributed by atoms with Crippen LogP contribution >= 0.6 is 0 Å². The summed E-state index contributed by atoms with van der Waals surface area (Å²) in [5.74, 6) is 0.355. The second kappa shape index (κ2) is 6.86. The number of methoxy groups -OCH3 is 1. The minimum atomic E-state index is -0.204. The van der Waals surface area contributed by atoms with Gasteiger partial charge in [-0.05, 0) is 25.2 Å². The number of carbonyl (C=O) groups is 1. The van der Waals surface area contributed by atoms with Gasteiger partial charge in [0.2, 0.25) is 0 Å². The molecule has 0 aromatic heterocycles. The van der Waals surface area contributed by atoms with E-state index in [-0.39, 0.29) is 12.0 Å². The Morgan fingerprint density at radius 2 is 2.12 bits per heavy atom. The lowest BCUT2D eigenvalue weighted by atomic mass is 10.2. The SMILES string of the molecule is COC(=O)C(CCOCC(C)C)NC1CC1. The fraction of sp³-hybridized carbons (Fsp3) is 0.917. The van der Waals surface area contributed by atoms with Crippen LogP contribution in [0.25, 0.3) is 0 Å². The molecule has 0 heterocycles. The molecule has 0 aromatic carbocycles. The van der Waals surface area contributed by atoms with Gasteiger partial charge >= 0.3 is 5.97 Å². The average Bonchev–Trinajstić information content (AvgIpc) is 3.05. The number of esters is 1. The van der Waals surface area contributed by atoms with Crippen LogP contribution in [-0.4, -0.2) is 38.4 Å². The predicted octanol–water partition coefficient (Wildman–Crippen LogP) is 1.34. The van der Waals surface area contributed by atoms with Crippen molar-refractivity contribution in [3.8, 4) is 0 Å². The standard InChI is InChI=1S/C12H23NO3/c1-9(2)8-16-7-6-11(12(14)15-3)13-10-4-5-10/h9-11,13H,4-8H2,1-3H3. The molecule has 4 nitrogen and oxygen atoms in total. The molecule has 0 radical (unpaired) electrons. The highest BCUT2D eigenvalue weighted by atomic mass is 16.5. The highest BCUT2D eigenvalue weighted by Crippen LogP contribution is 2.20. The number of rotatable bonds is 8. The summed E-state index contributed by atoms with van der Waals surface area (Å²) in [6.07, 6.45) is 3.02. The second-order valence-electron chi connectivity index (χ2n) is 4.77. The van der Waals surface area contributed by atoms with Crippen LogP contribution in [0.1, 0.15) is 33.1 Å². The first-order valence-corrected chi connectivity index (χ1v) is 6.05. The molecular weight excluding hydrogens is 206 g/mol. The van der Waals surface area contributed by atoms with Crippen LogP contribution in [0.2, 0.25) is 0 Å². The van der Waals surface area contributed by atoms with E-state index in [1.54, 1.807) is 0 Å². The van der Waals surface area contributed by atoms with Gasteiger partial charge in [-0.25, -0.2) is 0 Å². The molecule has 1 N–H and O–H groups in total. The van der Waals surface area contributed by atoms with E-state index in [2.05, 4.69) is 19.2 Å². The van der Waals surface area contributed by atoms with Crippen molar-refractivity contribution in [2.24, 2.45) is 5.92 Å². The highest BCUT2D eigenvalue weighted by Gasteiger charge is 2.28. The maximum atomic E-state index is 11.5. The minimum absolute atomic E-state index is 0.181. The lowest BCUT2D eigenvalue weighted by Crippen LogP contribution is -2.39. The Bertz CT molecular complexity index is 214. The molecular formula is C12H23NO3. The minimum Gasteiger partial charge on any atom is -0.468 e.